The first-order valence-electron chi connectivity index (χ1n) is 16.5. The van der Waals surface area contributed by atoms with Crippen molar-refractivity contribution >= 4 is 23.7 Å². The Balaban J connectivity index is 1.65. The zero-order valence-corrected chi connectivity index (χ0v) is 28.1. The number of cyclic esters (lactones) is 1. The molecule has 10 heteroatoms. The molecule has 46 heavy (non-hydrogen) atoms. The second-order valence-electron chi connectivity index (χ2n) is 14.6. The average molecular weight is 636 g/mol. The molecule has 1 N–H and O–H groups in total. The molecule has 0 radical (unpaired) electrons. The second kappa shape index (κ2) is 13.0. The predicted molar refractivity (Wildman–Crippen MR) is 172 cm³/mol. The van der Waals surface area contributed by atoms with Crippen LogP contribution in [-0.2, 0) is 28.7 Å². The lowest BCUT2D eigenvalue weighted by Gasteiger charge is -2.42. The number of benzene rings is 1. The monoisotopic (exact) mass is 635 g/mol. The van der Waals surface area contributed by atoms with E-state index in [1.54, 1.807) is 29.0 Å². The SMILES string of the molecule is CC(C)C[C@H](CO)N1C(=O)[C@@H]2[C@H]3C(=O)O[C@H](c4ccccc4)[C@@H](C)N(C)C(=O)CC/C=C\[C@H]3O[C@@]23C=CCN(C(C)(C)C)C(=O)[C@@H]13. The molecule has 4 aliphatic rings. The van der Waals surface area contributed by atoms with Gasteiger partial charge in [0.25, 0.3) is 0 Å². The normalized spacial score (nSPS) is 33.5. The summed E-state index contributed by atoms with van der Waals surface area (Å²) in [7, 11) is 1.71. The molecule has 4 heterocycles. The van der Waals surface area contributed by atoms with E-state index < -0.39 is 65.2 Å². The topological polar surface area (TPSA) is 117 Å². The third-order valence-electron chi connectivity index (χ3n) is 10.0. The van der Waals surface area contributed by atoms with E-state index in [0.29, 0.717) is 19.4 Å². The number of ether oxygens (including phenoxy) is 2. The first kappa shape index (κ1) is 33.9. The van der Waals surface area contributed by atoms with Crippen LogP contribution in [-0.4, -0.2) is 99.1 Å². The first-order chi connectivity index (χ1) is 21.7. The summed E-state index contributed by atoms with van der Waals surface area (Å²) in [6, 6.07) is 7.05. The molecule has 0 aromatic heterocycles. The molecule has 1 aromatic rings. The Morgan fingerprint density at radius 3 is 2.37 bits per heavy atom. The highest BCUT2D eigenvalue weighted by molar-refractivity contribution is 5.99. The summed E-state index contributed by atoms with van der Waals surface area (Å²) in [6.07, 6.45) is 6.67. The number of rotatable bonds is 5. The molecule has 8 atom stereocenters. The molecule has 1 spiro atoms. The van der Waals surface area contributed by atoms with Gasteiger partial charge in [0.15, 0.2) is 0 Å². The molecule has 250 valence electrons. The Morgan fingerprint density at radius 2 is 1.74 bits per heavy atom. The van der Waals surface area contributed by atoms with Gasteiger partial charge in [-0.3, -0.25) is 19.2 Å². The number of likely N-dealkylation sites (tertiary alicyclic amines) is 1. The van der Waals surface area contributed by atoms with Crippen LogP contribution in [0.1, 0.15) is 72.5 Å². The van der Waals surface area contributed by atoms with Crippen LogP contribution in [0.3, 0.4) is 0 Å². The summed E-state index contributed by atoms with van der Waals surface area (Å²) < 4.78 is 13.1. The Hall–Kier alpha value is -3.50. The van der Waals surface area contributed by atoms with E-state index in [9.17, 15) is 24.3 Å². The minimum atomic E-state index is -1.46. The van der Waals surface area contributed by atoms with Crippen molar-refractivity contribution in [3.63, 3.8) is 0 Å². The summed E-state index contributed by atoms with van der Waals surface area (Å²) in [5.74, 6) is -3.39. The lowest BCUT2D eigenvalue weighted by molar-refractivity contribution is -0.165. The molecule has 2 fully saturated rings. The van der Waals surface area contributed by atoms with Crippen LogP contribution in [0.4, 0.5) is 0 Å². The largest absolute Gasteiger partial charge is 0.455 e. The Kier molecular flexibility index (Phi) is 9.53. The van der Waals surface area contributed by atoms with E-state index in [0.717, 1.165) is 5.56 Å². The summed E-state index contributed by atoms with van der Waals surface area (Å²) >= 11 is 0. The summed E-state index contributed by atoms with van der Waals surface area (Å²) in [5, 5.41) is 10.6. The number of hydrogen-bond donors (Lipinski definition) is 1. The van der Waals surface area contributed by atoms with Crippen molar-refractivity contribution in [3.05, 3.63) is 60.2 Å². The maximum atomic E-state index is 14.8. The van der Waals surface area contributed by atoms with Crippen LogP contribution >= 0.6 is 0 Å². The number of amides is 3. The lowest BCUT2D eigenvalue weighted by Crippen LogP contribution is -2.60. The molecular weight excluding hydrogens is 586 g/mol. The number of hydrogen-bond acceptors (Lipinski definition) is 7. The van der Waals surface area contributed by atoms with Gasteiger partial charge < -0.3 is 29.3 Å². The van der Waals surface area contributed by atoms with Crippen molar-refractivity contribution in [3.8, 4) is 0 Å². The molecular formula is C36H49N3O7. The van der Waals surface area contributed by atoms with Crippen molar-refractivity contribution in [2.45, 2.75) is 102 Å². The number of carbonyl (C=O) groups excluding carboxylic acids is 4. The third-order valence-corrected chi connectivity index (χ3v) is 10.0. The molecule has 0 saturated carbocycles. The summed E-state index contributed by atoms with van der Waals surface area (Å²) in [5.41, 5.74) is -1.30. The molecule has 2 saturated heterocycles. The van der Waals surface area contributed by atoms with Crippen LogP contribution in [0.5, 0.6) is 0 Å². The fourth-order valence-electron chi connectivity index (χ4n) is 7.64. The zero-order chi connectivity index (χ0) is 33.6. The van der Waals surface area contributed by atoms with Crippen LogP contribution in [0.15, 0.2) is 54.6 Å². The maximum Gasteiger partial charge on any atom is 0.313 e. The first-order valence-corrected chi connectivity index (χ1v) is 16.5. The molecule has 0 bridgehead atoms. The van der Waals surface area contributed by atoms with E-state index in [-0.39, 0.29) is 30.8 Å². The number of nitrogens with zero attached hydrogens (tertiary/aromatic N) is 3. The van der Waals surface area contributed by atoms with Crippen molar-refractivity contribution in [1.82, 2.24) is 14.7 Å². The van der Waals surface area contributed by atoms with Gasteiger partial charge >= 0.3 is 5.97 Å². The molecule has 0 unspecified atom stereocenters. The third kappa shape index (κ3) is 5.90. The summed E-state index contributed by atoms with van der Waals surface area (Å²) in [4.78, 5) is 61.9. The minimum absolute atomic E-state index is 0.0836. The van der Waals surface area contributed by atoms with Crippen molar-refractivity contribution in [1.29, 1.82) is 0 Å². The quantitative estimate of drug-likeness (QED) is 0.388. The highest BCUT2D eigenvalue weighted by atomic mass is 16.6. The van der Waals surface area contributed by atoms with E-state index in [4.69, 9.17) is 9.47 Å². The number of fused-ring (bicyclic) bond motifs is 2. The smallest absolute Gasteiger partial charge is 0.313 e. The number of allylic oxidation sites excluding steroid dienone is 1. The second-order valence-corrected chi connectivity index (χ2v) is 14.6. The van der Waals surface area contributed by atoms with Gasteiger partial charge in [0, 0.05) is 25.6 Å². The van der Waals surface area contributed by atoms with Crippen LogP contribution in [0.2, 0.25) is 0 Å². The Bertz CT molecular complexity index is 1390. The van der Waals surface area contributed by atoms with Crippen LogP contribution in [0, 0.1) is 17.8 Å². The fraction of sp³-hybridized carbons (Fsp3) is 0.611. The Labute approximate surface area is 272 Å². The summed E-state index contributed by atoms with van der Waals surface area (Å²) in [6.45, 7) is 11.7. The highest BCUT2D eigenvalue weighted by Gasteiger charge is 2.73. The average Bonchev–Trinajstić information content (AvgIpc) is 3.39. The number of aliphatic hydroxyl groups excluding tert-OH is 1. The molecule has 1 aromatic carbocycles. The standard InChI is InChI=1S/C36H49N3O7/c1-22(2)20-25(21-40)39-31-33(43)38(35(4,5)6)19-13-18-36(31)29(32(39)42)28-26(46-36)16-11-12-17-27(41)37(7)23(3)30(45-34(28)44)24-14-9-8-10-15-24/h8-11,13-16,18,22-23,25-26,28-31,40H,12,17,19-21H2,1-7H3/b16-11-/t23-,25-,26-,28+,29+,30+,31-,36+/m1/s1. The molecule has 10 nitrogen and oxygen atoms in total. The van der Waals surface area contributed by atoms with Gasteiger partial charge in [-0.25, -0.2) is 0 Å². The van der Waals surface area contributed by atoms with Gasteiger partial charge in [-0.05, 0) is 52.0 Å². The van der Waals surface area contributed by atoms with Gasteiger partial charge in [-0.15, -0.1) is 0 Å². The Morgan fingerprint density at radius 1 is 1.04 bits per heavy atom. The molecule has 3 amide bonds. The van der Waals surface area contributed by atoms with Gasteiger partial charge in [0.1, 0.15) is 23.7 Å². The number of esters is 1. The predicted octanol–water partition coefficient (Wildman–Crippen LogP) is 3.65. The minimum Gasteiger partial charge on any atom is -0.455 e. The van der Waals surface area contributed by atoms with Gasteiger partial charge in [0.05, 0.1) is 30.7 Å². The molecule has 5 rings (SSSR count). The van der Waals surface area contributed by atoms with Gasteiger partial charge in [-0.1, -0.05) is 68.5 Å². The number of aliphatic hydroxyl groups is 1. The highest BCUT2D eigenvalue weighted by Crippen LogP contribution is 2.54. The van der Waals surface area contributed by atoms with Crippen molar-refractivity contribution < 1.29 is 33.8 Å². The molecule has 4 aliphatic heterocycles. The van der Waals surface area contributed by atoms with E-state index in [1.165, 1.54) is 4.90 Å². The van der Waals surface area contributed by atoms with Gasteiger partial charge in [-0.2, -0.15) is 0 Å². The number of likely N-dealkylation sites (N-methyl/N-ethyl adjacent to an activating group) is 1. The fourth-order valence-corrected chi connectivity index (χ4v) is 7.64. The zero-order valence-electron chi connectivity index (χ0n) is 28.1. The van der Waals surface area contributed by atoms with Crippen LogP contribution in [0.25, 0.3) is 0 Å². The van der Waals surface area contributed by atoms with Crippen molar-refractivity contribution in [2.24, 2.45) is 17.8 Å². The van der Waals surface area contributed by atoms with E-state index in [2.05, 4.69) is 0 Å². The van der Waals surface area contributed by atoms with Crippen molar-refractivity contribution in [2.75, 3.05) is 20.2 Å². The van der Waals surface area contributed by atoms with Crippen LogP contribution < -0.4 is 0 Å². The maximum absolute atomic E-state index is 14.8. The van der Waals surface area contributed by atoms with Gasteiger partial charge in [0.2, 0.25) is 17.7 Å². The van der Waals surface area contributed by atoms with E-state index >= 15 is 0 Å². The molecule has 0 aliphatic carbocycles. The number of carbonyl (C=O) groups is 4. The van der Waals surface area contributed by atoms with E-state index in [1.807, 2.05) is 84.0 Å². The lowest BCUT2D eigenvalue weighted by atomic mass is 9.77.